The molecule has 2 aliphatic rings. The van der Waals surface area contributed by atoms with Crippen LogP contribution in [0.5, 0.6) is 0 Å². The summed E-state index contributed by atoms with van der Waals surface area (Å²) in [6, 6.07) is 0.458. The van der Waals surface area contributed by atoms with E-state index >= 15 is 0 Å². The zero-order valence-corrected chi connectivity index (χ0v) is 11.5. The molecule has 1 amide bonds. The van der Waals surface area contributed by atoms with Crippen LogP contribution in [0.1, 0.15) is 22.6 Å². The van der Waals surface area contributed by atoms with E-state index in [9.17, 15) is 4.79 Å². The lowest BCUT2D eigenvalue weighted by Gasteiger charge is -2.14. The lowest BCUT2D eigenvalue weighted by atomic mass is 10.2. The first kappa shape index (κ1) is 11.4. The molecule has 6 heteroatoms. The fourth-order valence-electron chi connectivity index (χ4n) is 3.13. The number of imidazole rings is 1. The second-order valence-corrected chi connectivity index (χ2v) is 6.36. The molecule has 0 bridgehead atoms. The van der Waals surface area contributed by atoms with Crippen LogP contribution in [0.3, 0.4) is 0 Å². The van der Waals surface area contributed by atoms with E-state index in [1.165, 1.54) is 6.42 Å². The van der Waals surface area contributed by atoms with Crippen molar-refractivity contribution < 1.29 is 4.79 Å². The summed E-state index contributed by atoms with van der Waals surface area (Å²) < 4.78 is 1.87. The van der Waals surface area contributed by atoms with Gasteiger partial charge in [-0.15, -0.1) is 11.3 Å². The van der Waals surface area contributed by atoms with Crippen LogP contribution in [0.15, 0.2) is 11.6 Å². The zero-order chi connectivity index (χ0) is 13.0. The summed E-state index contributed by atoms with van der Waals surface area (Å²) in [6.07, 6.45) is 3.23. The molecular weight excluding hydrogens is 260 g/mol. The van der Waals surface area contributed by atoms with Crippen molar-refractivity contribution in [3.8, 4) is 0 Å². The van der Waals surface area contributed by atoms with Crippen LogP contribution in [0.2, 0.25) is 0 Å². The smallest absolute Gasteiger partial charge is 0.270 e. The second kappa shape index (κ2) is 4.05. The third kappa shape index (κ3) is 1.78. The first-order valence-electron chi connectivity index (χ1n) is 6.68. The van der Waals surface area contributed by atoms with Gasteiger partial charge in [-0.05, 0) is 31.7 Å². The number of thiazole rings is 1. The van der Waals surface area contributed by atoms with Crippen molar-refractivity contribution in [2.75, 3.05) is 13.1 Å². The van der Waals surface area contributed by atoms with Crippen LogP contribution in [0, 0.1) is 18.8 Å². The highest BCUT2D eigenvalue weighted by Gasteiger charge is 2.47. The number of nitrogens with zero attached hydrogens (tertiary/aromatic N) is 2. The van der Waals surface area contributed by atoms with Gasteiger partial charge in [-0.1, -0.05) is 0 Å². The average Bonchev–Trinajstić information content (AvgIpc) is 2.70. The highest BCUT2D eigenvalue weighted by Crippen LogP contribution is 2.44. The van der Waals surface area contributed by atoms with Crippen molar-refractivity contribution in [2.45, 2.75) is 19.4 Å². The van der Waals surface area contributed by atoms with Crippen molar-refractivity contribution in [3.05, 3.63) is 23.0 Å². The molecule has 2 fully saturated rings. The Bertz CT molecular complexity index is 646. The molecular formula is C13H16N4OS. The molecule has 19 heavy (non-hydrogen) atoms. The van der Waals surface area contributed by atoms with Crippen LogP contribution in [0.4, 0.5) is 0 Å². The number of carbonyl (C=O) groups excluding carboxylic acids is 1. The highest BCUT2D eigenvalue weighted by molar-refractivity contribution is 7.15. The molecule has 5 nitrogen and oxygen atoms in total. The number of carbonyl (C=O) groups is 1. The Kier molecular flexibility index (Phi) is 2.43. The van der Waals surface area contributed by atoms with Crippen molar-refractivity contribution in [1.82, 2.24) is 20.0 Å². The van der Waals surface area contributed by atoms with Gasteiger partial charge in [0.05, 0.1) is 5.69 Å². The summed E-state index contributed by atoms with van der Waals surface area (Å²) in [5.41, 5.74) is 1.47. The van der Waals surface area contributed by atoms with Crippen molar-refractivity contribution >= 4 is 22.2 Å². The van der Waals surface area contributed by atoms with Crippen LogP contribution in [0.25, 0.3) is 4.96 Å². The number of aromatic nitrogens is 2. The maximum Gasteiger partial charge on any atom is 0.270 e. The molecule has 0 unspecified atom stereocenters. The summed E-state index contributed by atoms with van der Waals surface area (Å²) in [6.45, 7) is 3.72. The summed E-state index contributed by atoms with van der Waals surface area (Å²) in [5, 5.41) is 8.47. The maximum absolute atomic E-state index is 12.3. The van der Waals surface area contributed by atoms with Gasteiger partial charge in [0.15, 0.2) is 4.96 Å². The van der Waals surface area contributed by atoms with Gasteiger partial charge in [-0.2, -0.15) is 0 Å². The van der Waals surface area contributed by atoms with Gasteiger partial charge in [0.1, 0.15) is 5.69 Å². The van der Waals surface area contributed by atoms with E-state index in [-0.39, 0.29) is 5.91 Å². The molecule has 2 aromatic rings. The maximum atomic E-state index is 12.3. The SMILES string of the molecule is Cc1nc2sccn2c1C(=O)NC[C@H]1NC[C@@H]2C[C@@H]21. The summed E-state index contributed by atoms with van der Waals surface area (Å²) in [7, 11) is 0. The normalized spacial score (nSPS) is 28.6. The molecule has 1 aliphatic carbocycles. The zero-order valence-electron chi connectivity index (χ0n) is 10.7. The first-order valence-corrected chi connectivity index (χ1v) is 7.56. The number of hydrogen-bond donors (Lipinski definition) is 2. The first-order chi connectivity index (χ1) is 9.24. The predicted molar refractivity (Wildman–Crippen MR) is 73.5 cm³/mol. The third-order valence-corrected chi connectivity index (χ3v) is 5.03. The third-order valence-electron chi connectivity index (χ3n) is 4.27. The van der Waals surface area contributed by atoms with Crippen LogP contribution in [-0.4, -0.2) is 34.4 Å². The molecule has 0 radical (unpaired) electrons. The summed E-state index contributed by atoms with van der Waals surface area (Å²) >= 11 is 1.55. The average molecular weight is 276 g/mol. The Hall–Kier alpha value is -1.40. The molecule has 1 aliphatic heterocycles. The standard InChI is InChI=1S/C13H16N4OS/c1-7-11(17-2-3-19-13(17)16-7)12(18)15-6-10-9-4-8(9)5-14-10/h2-3,8-10,14H,4-6H2,1H3,(H,15,18)/t8-,9-,10+/m0/s1. The van der Waals surface area contributed by atoms with E-state index in [0.29, 0.717) is 11.7 Å². The summed E-state index contributed by atoms with van der Waals surface area (Å²) in [4.78, 5) is 17.6. The van der Waals surface area contributed by atoms with Crippen LogP contribution < -0.4 is 10.6 Å². The minimum Gasteiger partial charge on any atom is -0.349 e. The molecule has 2 N–H and O–H groups in total. The van der Waals surface area contributed by atoms with Crippen molar-refractivity contribution in [1.29, 1.82) is 0 Å². The number of fused-ring (bicyclic) bond motifs is 2. The van der Waals surface area contributed by atoms with Gasteiger partial charge < -0.3 is 10.6 Å². The van der Waals surface area contributed by atoms with E-state index in [0.717, 1.165) is 35.6 Å². The minimum absolute atomic E-state index is 0.0192. The van der Waals surface area contributed by atoms with Gasteiger partial charge in [0.25, 0.3) is 5.91 Å². The van der Waals surface area contributed by atoms with Gasteiger partial charge in [0, 0.05) is 24.2 Å². The van der Waals surface area contributed by atoms with Gasteiger partial charge in [-0.25, -0.2) is 4.98 Å². The Morgan fingerprint density at radius 3 is 3.32 bits per heavy atom. The number of hydrogen-bond acceptors (Lipinski definition) is 4. The largest absolute Gasteiger partial charge is 0.349 e. The molecule has 0 aromatic carbocycles. The van der Waals surface area contributed by atoms with E-state index in [1.807, 2.05) is 22.9 Å². The lowest BCUT2D eigenvalue weighted by molar-refractivity contribution is 0.0943. The lowest BCUT2D eigenvalue weighted by Crippen LogP contribution is -2.40. The Morgan fingerprint density at radius 1 is 1.68 bits per heavy atom. The fourth-order valence-corrected chi connectivity index (χ4v) is 3.89. The number of piperidine rings is 1. The van der Waals surface area contributed by atoms with Crippen LogP contribution in [-0.2, 0) is 0 Å². The molecule has 0 spiro atoms. The Labute approximate surface area is 115 Å². The van der Waals surface area contributed by atoms with Gasteiger partial charge in [-0.3, -0.25) is 9.20 Å². The molecule has 3 atom stereocenters. The second-order valence-electron chi connectivity index (χ2n) is 5.49. The van der Waals surface area contributed by atoms with Crippen LogP contribution >= 0.6 is 11.3 Å². The highest BCUT2D eigenvalue weighted by atomic mass is 32.1. The molecule has 3 heterocycles. The van der Waals surface area contributed by atoms with Crippen molar-refractivity contribution in [2.24, 2.45) is 11.8 Å². The van der Waals surface area contributed by atoms with Gasteiger partial charge in [0.2, 0.25) is 0 Å². The number of nitrogens with one attached hydrogen (secondary N) is 2. The van der Waals surface area contributed by atoms with E-state index in [1.54, 1.807) is 11.3 Å². The Morgan fingerprint density at radius 2 is 2.58 bits per heavy atom. The fraction of sp³-hybridized carbons (Fsp3) is 0.538. The molecule has 2 aromatic heterocycles. The molecule has 1 saturated heterocycles. The number of amides is 1. The van der Waals surface area contributed by atoms with Gasteiger partial charge >= 0.3 is 0 Å². The predicted octanol–water partition coefficient (Wildman–Crippen LogP) is 1.04. The molecule has 1 saturated carbocycles. The quantitative estimate of drug-likeness (QED) is 0.881. The van der Waals surface area contributed by atoms with E-state index in [2.05, 4.69) is 15.6 Å². The monoisotopic (exact) mass is 276 g/mol. The van der Waals surface area contributed by atoms with Crippen molar-refractivity contribution in [3.63, 3.8) is 0 Å². The molecule has 4 rings (SSSR count). The Balaban J connectivity index is 1.50. The number of rotatable bonds is 3. The molecule has 100 valence electrons. The van der Waals surface area contributed by atoms with E-state index in [4.69, 9.17) is 0 Å². The number of aryl methyl sites for hydroxylation is 1. The topological polar surface area (TPSA) is 58.4 Å². The van der Waals surface area contributed by atoms with E-state index < -0.39 is 0 Å². The minimum atomic E-state index is -0.0192. The summed E-state index contributed by atoms with van der Waals surface area (Å²) in [5.74, 6) is 1.63.